The fraction of sp³-hybridized carbons (Fsp3) is 0.143. The highest BCUT2D eigenvalue weighted by Gasteiger charge is 1.98. The summed E-state index contributed by atoms with van der Waals surface area (Å²) in [5, 5.41) is 11.7. The molecule has 0 fully saturated rings. The van der Waals surface area contributed by atoms with Gasteiger partial charge in [0.1, 0.15) is 18.2 Å². The van der Waals surface area contributed by atoms with E-state index in [0.717, 1.165) is 11.4 Å². The van der Waals surface area contributed by atoms with Crippen LogP contribution < -0.4 is 10.1 Å². The Labute approximate surface area is 106 Å². The van der Waals surface area contributed by atoms with Gasteiger partial charge in [0, 0.05) is 18.8 Å². The van der Waals surface area contributed by atoms with Gasteiger partial charge in [-0.2, -0.15) is 5.26 Å². The van der Waals surface area contributed by atoms with Crippen LogP contribution in [0.3, 0.4) is 0 Å². The number of pyridine rings is 1. The second kappa shape index (κ2) is 5.69. The Hall–Kier alpha value is -2.54. The summed E-state index contributed by atoms with van der Waals surface area (Å²) in [4.78, 5) is 4.20. The van der Waals surface area contributed by atoms with E-state index in [1.807, 2.05) is 25.2 Å². The Balaban J connectivity index is 2.00. The minimum absolute atomic E-state index is 0.436. The Kier molecular flexibility index (Phi) is 3.77. The lowest BCUT2D eigenvalue weighted by Gasteiger charge is -2.06. The van der Waals surface area contributed by atoms with Crippen molar-refractivity contribution in [2.45, 2.75) is 6.61 Å². The van der Waals surface area contributed by atoms with Gasteiger partial charge in [-0.15, -0.1) is 0 Å². The Morgan fingerprint density at radius 2 is 2.22 bits per heavy atom. The fourth-order valence-corrected chi connectivity index (χ4v) is 1.48. The lowest BCUT2D eigenvalue weighted by atomic mass is 10.2. The fourth-order valence-electron chi connectivity index (χ4n) is 1.48. The number of hydrogen-bond donors (Lipinski definition) is 1. The minimum atomic E-state index is 0.436. The molecule has 0 saturated carbocycles. The van der Waals surface area contributed by atoms with Gasteiger partial charge in [0.25, 0.3) is 0 Å². The predicted octanol–water partition coefficient (Wildman–Crippen LogP) is 2.57. The van der Waals surface area contributed by atoms with Gasteiger partial charge in [0.15, 0.2) is 0 Å². The van der Waals surface area contributed by atoms with E-state index in [9.17, 15) is 0 Å². The molecule has 0 bridgehead atoms. The van der Waals surface area contributed by atoms with Gasteiger partial charge in [0.05, 0.1) is 11.6 Å². The molecule has 0 aliphatic carbocycles. The summed E-state index contributed by atoms with van der Waals surface area (Å²) < 4.78 is 5.60. The van der Waals surface area contributed by atoms with Crippen LogP contribution in [-0.4, -0.2) is 12.0 Å². The summed E-state index contributed by atoms with van der Waals surface area (Å²) in [6, 6.07) is 13.0. The molecule has 1 N–H and O–H groups in total. The van der Waals surface area contributed by atoms with E-state index >= 15 is 0 Å². The van der Waals surface area contributed by atoms with Crippen molar-refractivity contribution < 1.29 is 4.74 Å². The van der Waals surface area contributed by atoms with Gasteiger partial charge >= 0.3 is 0 Å². The highest BCUT2D eigenvalue weighted by molar-refractivity contribution is 5.37. The van der Waals surface area contributed by atoms with Crippen LogP contribution in [0, 0.1) is 11.3 Å². The first-order valence-corrected chi connectivity index (χ1v) is 5.57. The summed E-state index contributed by atoms with van der Waals surface area (Å²) in [6.45, 7) is 0.436. The molecule has 2 rings (SSSR count). The first-order chi connectivity index (χ1) is 8.81. The molecule has 0 amide bonds. The smallest absolute Gasteiger partial charge is 0.125 e. The van der Waals surface area contributed by atoms with E-state index in [4.69, 9.17) is 10.00 Å². The lowest BCUT2D eigenvalue weighted by molar-refractivity contribution is 0.305. The number of aromatic nitrogens is 1. The van der Waals surface area contributed by atoms with E-state index in [0.29, 0.717) is 17.9 Å². The van der Waals surface area contributed by atoms with E-state index in [2.05, 4.69) is 16.4 Å². The molecule has 4 nitrogen and oxygen atoms in total. The zero-order chi connectivity index (χ0) is 12.8. The molecule has 1 heterocycles. The average molecular weight is 239 g/mol. The van der Waals surface area contributed by atoms with Gasteiger partial charge in [-0.05, 0) is 24.3 Å². The molecular formula is C14H13N3O. The van der Waals surface area contributed by atoms with Crippen LogP contribution in [0.1, 0.15) is 11.1 Å². The third kappa shape index (κ3) is 2.98. The van der Waals surface area contributed by atoms with E-state index in [1.165, 1.54) is 0 Å². The molecule has 0 spiro atoms. The van der Waals surface area contributed by atoms with E-state index < -0.39 is 0 Å². The Morgan fingerprint density at radius 3 is 2.89 bits per heavy atom. The molecule has 0 atom stereocenters. The maximum absolute atomic E-state index is 8.78. The SMILES string of the molecule is CNc1ccc(COc2cccc(C#N)c2)cn1. The number of anilines is 1. The second-order valence-corrected chi connectivity index (χ2v) is 3.73. The quantitative estimate of drug-likeness (QED) is 0.890. The molecule has 0 saturated heterocycles. The van der Waals surface area contributed by atoms with Gasteiger partial charge in [-0.3, -0.25) is 0 Å². The van der Waals surface area contributed by atoms with Crippen molar-refractivity contribution >= 4 is 5.82 Å². The van der Waals surface area contributed by atoms with Crippen LogP contribution in [0.15, 0.2) is 42.6 Å². The molecule has 0 radical (unpaired) electrons. The van der Waals surface area contributed by atoms with Gasteiger partial charge in [-0.1, -0.05) is 12.1 Å². The van der Waals surface area contributed by atoms with Gasteiger partial charge in [-0.25, -0.2) is 4.98 Å². The first-order valence-electron chi connectivity index (χ1n) is 5.57. The van der Waals surface area contributed by atoms with Crippen molar-refractivity contribution in [1.29, 1.82) is 5.26 Å². The number of nitriles is 1. The standard InChI is InChI=1S/C14H13N3O/c1-16-14-6-5-12(9-17-14)10-18-13-4-2-3-11(7-13)8-15/h2-7,9H,10H2,1H3,(H,16,17). The Morgan fingerprint density at radius 1 is 1.33 bits per heavy atom. The molecule has 1 aromatic carbocycles. The molecule has 90 valence electrons. The largest absolute Gasteiger partial charge is 0.489 e. The topological polar surface area (TPSA) is 57.9 Å². The third-order valence-electron chi connectivity index (χ3n) is 2.45. The van der Waals surface area contributed by atoms with Crippen molar-refractivity contribution in [1.82, 2.24) is 4.98 Å². The average Bonchev–Trinajstić information content (AvgIpc) is 2.46. The maximum Gasteiger partial charge on any atom is 0.125 e. The molecule has 0 aliphatic heterocycles. The number of rotatable bonds is 4. The van der Waals surface area contributed by atoms with Crippen LogP contribution >= 0.6 is 0 Å². The zero-order valence-corrected chi connectivity index (χ0v) is 10.1. The number of benzene rings is 1. The second-order valence-electron chi connectivity index (χ2n) is 3.73. The summed E-state index contributed by atoms with van der Waals surface area (Å²) in [7, 11) is 1.83. The van der Waals surface area contributed by atoms with Gasteiger partial charge < -0.3 is 10.1 Å². The summed E-state index contributed by atoms with van der Waals surface area (Å²) in [5.41, 5.74) is 1.58. The van der Waals surface area contributed by atoms with Gasteiger partial charge in [0.2, 0.25) is 0 Å². The van der Waals surface area contributed by atoms with E-state index in [-0.39, 0.29) is 0 Å². The molecule has 0 unspecified atom stereocenters. The highest BCUT2D eigenvalue weighted by atomic mass is 16.5. The van der Waals surface area contributed by atoms with Crippen LogP contribution in [0.5, 0.6) is 5.75 Å². The number of nitrogens with one attached hydrogen (secondary N) is 1. The van der Waals surface area contributed by atoms with E-state index in [1.54, 1.807) is 24.4 Å². The minimum Gasteiger partial charge on any atom is -0.489 e. The molecule has 2 aromatic rings. The molecule has 4 heteroatoms. The van der Waals surface area contributed by atoms with Crippen molar-refractivity contribution in [3.8, 4) is 11.8 Å². The summed E-state index contributed by atoms with van der Waals surface area (Å²) in [5.74, 6) is 1.51. The molecule has 18 heavy (non-hydrogen) atoms. The highest BCUT2D eigenvalue weighted by Crippen LogP contribution is 2.14. The van der Waals surface area contributed by atoms with Crippen molar-refractivity contribution in [2.24, 2.45) is 0 Å². The van der Waals surface area contributed by atoms with Crippen LogP contribution in [0.2, 0.25) is 0 Å². The van der Waals surface area contributed by atoms with Crippen LogP contribution in [0.25, 0.3) is 0 Å². The van der Waals surface area contributed by atoms with Crippen molar-refractivity contribution in [3.05, 3.63) is 53.7 Å². The molecular weight excluding hydrogens is 226 g/mol. The van der Waals surface area contributed by atoms with Crippen molar-refractivity contribution in [2.75, 3.05) is 12.4 Å². The summed E-state index contributed by atoms with van der Waals surface area (Å²) >= 11 is 0. The third-order valence-corrected chi connectivity index (χ3v) is 2.45. The predicted molar refractivity (Wildman–Crippen MR) is 69.3 cm³/mol. The summed E-state index contributed by atoms with van der Waals surface area (Å²) in [6.07, 6.45) is 1.76. The lowest BCUT2D eigenvalue weighted by Crippen LogP contribution is -1.98. The molecule has 1 aromatic heterocycles. The normalized spacial score (nSPS) is 9.56. The van der Waals surface area contributed by atoms with Crippen LogP contribution in [-0.2, 0) is 6.61 Å². The molecule has 0 aliphatic rings. The number of hydrogen-bond acceptors (Lipinski definition) is 4. The van der Waals surface area contributed by atoms with Crippen LogP contribution in [0.4, 0.5) is 5.82 Å². The number of ether oxygens (including phenoxy) is 1. The maximum atomic E-state index is 8.78. The first kappa shape index (κ1) is 11.9. The number of nitrogens with zero attached hydrogens (tertiary/aromatic N) is 2. The monoisotopic (exact) mass is 239 g/mol. The Bertz CT molecular complexity index is 558. The zero-order valence-electron chi connectivity index (χ0n) is 10.1. The van der Waals surface area contributed by atoms with Crippen molar-refractivity contribution in [3.63, 3.8) is 0 Å².